The van der Waals surface area contributed by atoms with Crippen LogP contribution >= 0.6 is 11.3 Å². The largest absolute Gasteiger partial charge is 0.377 e. The van der Waals surface area contributed by atoms with E-state index in [1.165, 1.54) is 10.1 Å². The average molecular weight is 331 g/mol. The summed E-state index contributed by atoms with van der Waals surface area (Å²) < 4.78 is 12.7. The smallest absolute Gasteiger partial charge is 0.227 e. The Hall–Kier alpha value is -1.43. The van der Waals surface area contributed by atoms with Gasteiger partial charge in [0.2, 0.25) is 5.91 Å². The molecule has 1 aromatic heterocycles. The molecule has 0 radical (unpaired) electrons. The summed E-state index contributed by atoms with van der Waals surface area (Å²) in [5, 5.41) is 3.31. The molecule has 1 aliphatic carbocycles. The summed E-state index contributed by atoms with van der Waals surface area (Å²) in [6.45, 7) is 1.28. The Morgan fingerprint density at radius 2 is 2.26 bits per heavy atom. The number of thiophene rings is 1. The highest BCUT2D eigenvalue weighted by molar-refractivity contribution is 7.17. The van der Waals surface area contributed by atoms with Gasteiger partial charge in [0.15, 0.2) is 0 Å². The molecule has 2 bridgehead atoms. The lowest BCUT2D eigenvalue weighted by atomic mass is 10.1. The highest BCUT2D eigenvalue weighted by atomic mass is 32.1. The van der Waals surface area contributed by atoms with Crippen molar-refractivity contribution in [3.05, 3.63) is 35.2 Å². The van der Waals surface area contributed by atoms with Crippen LogP contribution in [-0.2, 0) is 20.7 Å². The van der Waals surface area contributed by atoms with Gasteiger partial charge in [0.25, 0.3) is 0 Å². The van der Waals surface area contributed by atoms with E-state index in [1.807, 2.05) is 17.0 Å². The van der Waals surface area contributed by atoms with Crippen molar-refractivity contribution in [1.82, 2.24) is 4.90 Å². The second kappa shape index (κ2) is 6.23. The van der Waals surface area contributed by atoms with Crippen molar-refractivity contribution in [3.8, 4) is 0 Å². The van der Waals surface area contributed by atoms with Crippen molar-refractivity contribution in [3.63, 3.8) is 0 Å². The van der Waals surface area contributed by atoms with Crippen LogP contribution in [0.1, 0.15) is 18.4 Å². The predicted molar refractivity (Wildman–Crippen MR) is 90.8 cm³/mol. The van der Waals surface area contributed by atoms with Gasteiger partial charge in [0.1, 0.15) is 6.10 Å². The molecule has 2 aliphatic rings. The Morgan fingerprint density at radius 1 is 1.39 bits per heavy atom. The van der Waals surface area contributed by atoms with Crippen LogP contribution in [0.4, 0.5) is 0 Å². The predicted octanol–water partition coefficient (Wildman–Crippen LogP) is 2.85. The molecule has 0 N–H and O–H groups in total. The van der Waals surface area contributed by atoms with Gasteiger partial charge >= 0.3 is 0 Å². The van der Waals surface area contributed by atoms with Crippen LogP contribution in [0, 0.1) is 0 Å². The molecule has 5 heteroatoms. The topological polar surface area (TPSA) is 38.8 Å². The molecule has 3 atom stereocenters. The minimum Gasteiger partial charge on any atom is -0.377 e. The van der Waals surface area contributed by atoms with Gasteiger partial charge in [-0.2, -0.15) is 0 Å². The van der Waals surface area contributed by atoms with Crippen molar-refractivity contribution >= 4 is 27.3 Å². The number of ether oxygens (including phenoxy) is 2. The third-order valence-corrected chi connectivity index (χ3v) is 6.06. The van der Waals surface area contributed by atoms with E-state index in [2.05, 4.69) is 17.5 Å². The SMILES string of the molecule is CO[C@@H]1[C@H]2CC[C@H]1OCCN2C(=O)Cc1csc2ccccc12. The van der Waals surface area contributed by atoms with E-state index in [1.54, 1.807) is 18.4 Å². The molecule has 4 nitrogen and oxygen atoms in total. The van der Waals surface area contributed by atoms with Crippen LogP contribution < -0.4 is 0 Å². The lowest BCUT2D eigenvalue weighted by Gasteiger charge is -2.30. The molecule has 1 aliphatic heterocycles. The molecular formula is C18H21NO3S. The molecule has 4 rings (SSSR count). The van der Waals surface area contributed by atoms with Crippen LogP contribution in [-0.4, -0.2) is 49.3 Å². The summed E-state index contributed by atoms with van der Waals surface area (Å²) in [6.07, 6.45) is 2.57. The number of benzene rings is 1. The second-order valence-electron chi connectivity index (χ2n) is 6.28. The number of amides is 1. The normalized spacial score (nSPS) is 27.3. The first-order valence-corrected chi connectivity index (χ1v) is 9.05. The van der Waals surface area contributed by atoms with Gasteiger partial charge in [-0.05, 0) is 35.2 Å². The molecule has 2 aromatic rings. The van der Waals surface area contributed by atoms with Gasteiger partial charge in [-0.1, -0.05) is 18.2 Å². The molecule has 1 aromatic carbocycles. The molecule has 2 fully saturated rings. The highest BCUT2D eigenvalue weighted by Gasteiger charge is 2.44. The molecule has 1 saturated carbocycles. The fourth-order valence-electron chi connectivity index (χ4n) is 3.94. The van der Waals surface area contributed by atoms with Crippen LogP contribution in [0.15, 0.2) is 29.6 Å². The molecule has 1 saturated heterocycles. The van der Waals surface area contributed by atoms with Crippen molar-refractivity contribution in [2.24, 2.45) is 0 Å². The molecule has 0 unspecified atom stereocenters. The maximum atomic E-state index is 12.9. The number of methoxy groups -OCH3 is 1. The van der Waals surface area contributed by atoms with Gasteiger partial charge in [0, 0.05) is 18.4 Å². The van der Waals surface area contributed by atoms with Crippen LogP contribution in [0.5, 0.6) is 0 Å². The van der Waals surface area contributed by atoms with Gasteiger partial charge in [-0.3, -0.25) is 4.79 Å². The Labute approximate surface area is 140 Å². The fraction of sp³-hybridized carbons (Fsp3) is 0.500. The Bertz CT molecular complexity index is 713. The van der Waals surface area contributed by atoms with Gasteiger partial charge in [-0.25, -0.2) is 0 Å². The van der Waals surface area contributed by atoms with Crippen LogP contribution in [0.3, 0.4) is 0 Å². The molecule has 23 heavy (non-hydrogen) atoms. The van der Waals surface area contributed by atoms with E-state index in [9.17, 15) is 4.79 Å². The summed E-state index contributed by atoms with van der Waals surface area (Å²) in [5.74, 6) is 0.187. The molecule has 0 spiro atoms. The van der Waals surface area contributed by atoms with E-state index in [-0.39, 0.29) is 24.2 Å². The minimum atomic E-state index is 0.0145. The lowest BCUT2D eigenvalue weighted by molar-refractivity contribution is -0.134. The minimum absolute atomic E-state index is 0.0145. The number of nitrogens with zero attached hydrogens (tertiary/aromatic N) is 1. The summed E-state index contributed by atoms with van der Waals surface area (Å²) >= 11 is 1.71. The van der Waals surface area contributed by atoms with E-state index >= 15 is 0 Å². The number of hydrogen-bond acceptors (Lipinski definition) is 4. The van der Waals surface area contributed by atoms with Gasteiger partial charge in [-0.15, -0.1) is 11.3 Å². The molecule has 2 heterocycles. The number of carbonyl (C=O) groups is 1. The first-order chi connectivity index (χ1) is 11.3. The molecule has 1 amide bonds. The monoisotopic (exact) mass is 331 g/mol. The molecular weight excluding hydrogens is 310 g/mol. The van der Waals surface area contributed by atoms with Crippen LogP contribution in [0.25, 0.3) is 10.1 Å². The van der Waals surface area contributed by atoms with Crippen LogP contribution in [0.2, 0.25) is 0 Å². The number of fused-ring (bicyclic) bond motifs is 3. The van der Waals surface area contributed by atoms with Crippen molar-refractivity contribution in [1.29, 1.82) is 0 Å². The van der Waals surface area contributed by atoms with Gasteiger partial charge < -0.3 is 14.4 Å². The Balaban J connectivity index is 1.56. The summed E-state index contributed by atoms with van der Waals surface area (Å²) in [6, 6.07) is 8.44. The Kier molecular flexibility index (Phi) is 4.09. The zero-order chi connectivity index (χ0) is 15.8. The standard InChI is InChI=1S/C18H21NO3S/c1-21-18-14-6-7-15(18)22-9-8-19(14)17(20)10-12-11-23-16-5-3-2-4-13(12)16/h2-5,11,14-15,18H,6-10H2,1H3/t14-,15-,18-/m1/s1. The van der Waals surface area contributed by atoms with Gasteiger partial charge in [0.05, 0.1) is 25.2 Å². The maximum Gasteiger partial charge on any atom is 0.227 e. The summed E-state index contributed by atoms with van der Waals surface area (Å²) in [5.41, 5.74) is 1.13. The van der Waals surface area contributed by atoms with E-state index in [0.717, 1.165) is 18.4 Å². The third-order valence-electron chi connectivity index (χ3n) is 5.05. The maximum absolute atomic E-state index is 12.9. The Morgan fingerprint density at radius 3 is 3.13 bits per heavy atom. The quantitative estimate of drug-likeness (QED) is 0.868. The number of carbonyl (C=O) groups excluding carboxylic acids is 1. The third kappa shape index (κ3) is 2.67. The van der Waals surface area contributed by atoms with E-state index in [0.29, 0.717) is 19.6 Å². The van der Waals surface area contributed by atoms with Crippen molar-refractivity contribution in [2.45, 2.75) is 37.5 Å². The highest BCUT2D eigenvalue weighted by Crippen LogP contribution is 2.33. The second-order valence-corrected chi connectivity index (χ2v) is 7.19. The molecule has 122 valence electrons. The van der Waals surface area contributed by atoms with E-state index in [4.69, 9.17) is 9.47 Å². The van der Waals surface area contributed by atoms with Crippen molar-refractivity contribution in [2.75, 3.05) is 20.3 Å². The fourth-order valence-corrected chi connectivity index (χ4v) is 4.91. The number of hydrogen-bond donors (Lipinski definition) is 0. The van der Waals surface area contributed by atoms with E-state index < -0.39 is 0 Å². The number of rotatable bonds is 3. The first-order valence-electron chi connectivity index (χ1n) is 8.17. The summed E-state index contributed by atoms with van der Waals surface area (Å²) in [4.78, 5) is 14.9. The zero-order valence-corrected chi connectivity index (χ0v) is 14.1. The lowest BCUT2D eigenvalue weighted by Crippen LogP contribution is -2.46. The zero-order valence-electron chi connectivity index (χ0n) is 13.2. The van der Waals surface area contributed by atoms with Crippen molar-refractivity contribution < 1.29 is 14.3 Å². The summed E-state index contributed by atoms with van der Waals surface area (Å²) in [7, 11) is 1.72. The first kappa shape index (κ1) is 15.1. The average Bonchev–Trinajstić information content (AvgIpc) is 3.08.